The van der Waals surface area contributed by atoms with Gasteiger partial charge in [-0.3, -0.25) is 4.98 Å². The van der Waals surface area contributed by atoms with Crippen LogP contribution in [0, 0.1) is 0 Å². The summed E-state index contributed by atoms with van der Waals surface area (Å²) in [6.45, 7) is 0. The summed E-state index contributed by atoms with van der Waals surface area (Å²) in [5.41, 5.74) is -0.553. The second kappa shape index (κ2) is 4.96. The van der Waals surface area contributed by atoms with Gasteiger partial charge in [0.2, 0.25) is 0 Å². The van der Waals surface area contributed by atoms with Gasteiger partial charge in [0.25, 0.3) is 0 Å². The van der Waals surface area contributed by atoms with Crippen LogP contribution in [0.15, 0.2) is 18.5 Å². The molecule has 0 aliphatic heterocycles. The third-order valence-electron chi connectivity index (χ3n) is 1.28. The Kier molecular flexibility index (Phi) is 4.61. The quantitative estimate of drug-likeness (QED) is 0.508. The van der Waals surface area contributed by atoms with E-state index in [1.165, 1.54) is 6.20 Å². The van der Waals surface area contributed by atoms with E-state index in [9.17, 15) is 9.59 Å². The third kappa shape index (κ3) is 2.80. The zero-order chi connectivity index (χ0) is 9.14. The van der Waals surface area contributed by atoms with Gasteiger partial charge in [-0.25, -0.2) is 9.59 Å². The Balaban J connectivity index is 0. The molecule has 0 radical (unpaired) electrons. The summed E-state index contributed by atoms with van der Waals surface area (Å²) in [7, 11) is 0. The molecule has 2 N–H and O–H groups in total. The SMILES string of the molecule is O=C(O)c1ccncc1C(=O)O.[H-].[Na+]. The van der Waals surface area contributed by atoms with Crippen LogP contribution in [0.1, 0.15) is 22.1 Å². The maximum Gasteiger partial charge on any atom is 1.00 e. The van der Waals surface area contributed by atoms with Gasteiger partial charge in [0.15, 0.2) is 0 Å². The van der Waals surface area contributed by atoms with E-state index in [0.29, 0.717) is 0 Å². The van der Waals surface area contributed by atoms with Gasteiger partial charge < -0.3 is 11.6 Å². The molecule has 0 aromatic carbocycles. The standard InChI is InChI=1S/C7H5NO4.Na.H/c9-6(10)4-1-2-8-3-5(4)7(11)12;;/h1-3H,(H,9,10)(H,11,12);;/q;+1;-1. The molecule has 0 bridgehead atoms. The van der Waals surface area contributed by atoms with Gasteiger partial charge in [-0.15, -0.1) is 0 Å². The normalized spacial score (nSPS) is 8.62. The fourth-order valence-corrected chi connectivity index (χ4v) is 0.751. The number of pyridine rings is 1. The molecule has 0 atom stereocenters. The van der Waals surface area contributed by atoms with Gasteiger partial charge in [0.05, 0.1) is 11.1 Å². The second-order valence-corrected chi connectivity index (χ2v) is 2.03. The van der Waals surface area contributed by atoms with Crippen molar-refractivity contribution in [3.05, 3.63) is 29.6 Å². The molecule has 6 heteroatoms. The monoisotopic (exact) mass is 191 g/mol. The zero-order valence-electron chi connectivity index (χ0n) is 7.89. The van der Waals surface area contributed by atoms with E-state index >= 15 is 0 Å². The molecular formula is C7H6NNaO4. The average molecular weight is 191 g/mol. The largest absolute Gasteiger partial charge is 1.00 e. The molecule has 1 heterocycles. The van der Waals surface area contributed by atoms with E-state index in [0.717, 1.165) is 12.3 Å². The first-order chi connectivity index (χ1) is 5.63. The van der Waals surface area contributed by atoms with Gasteiger partial charge in [0, 0.05) is 12.4 Å². The number of carbonyl (C=O) groups is 2. The molecule has 0 aliphatic carbocycles. The molecule has 0 fully saturated rings. The number of aromatic carboxylic acids is 2. The Hall–Kier alpha value is -0.910. The van der Waals surface area contributed by atoms with Crippen LogP contribution in [0.2, 0.25) is 0 Å². The molecular weight excluding hydrogens is 185 g/mol. The van der Waals surface area contributed by atoms with Gasteiger partial charge >= 0.3 is 41.5 Å². The van der Waals surface area contributed by atoms with Crippen LogP contribution >= 0.6 is 0 Å². The number of carboxylic acids is 2. The van der Waals surface area contributed by atoms with E-state index < -0.39 is 11.9 Å². The van der Waals surface area contributed by atoms with Gasteiger partial charge in [-0.2, -0.15) is 0 Å². The molecule has 13 heavy (non-hydrogen) atoms. The maximum absolute atomic E-state index is 10.4. The number of rotatable bonds is 2. The number of aromatic nitrogens is 1. The molecule has 1 rings (SSSR count). The number of nitrogens with zero attached hydrogens (tertiary/aromatic N) is 1. The van der Waals surface area contributed by atoms with Crippen LogP contribution < -0.4 is 29.6 Å². The third-order valence-corrected chi connectivity index (χ3v) is 1.28. The minimum absolute atomic E-state index is 0. The van der Waals surface area contributed by atoms with Gasteiger partial charge in [0.1, 0.15) is 0 Å². The molecule has 5 nitrogen and oxygen atoms in total. The van der Waals surface area contributed by atoms with Crippen molar-refractivity contribution in [2.45, 2.75) is 0 Å². The summed E-state index contributed by atoms with van der Waals surface area (Å²) in [5, 5.41) is 17.0. The molecule has 64 valence electrons. The van der Waals surface area contributed by atoms with Crippen LogP contribution in [0.4, 0.5) is 0 Å². The summed E-state index contributed by atoms with van der Waals surface area (Å²) in [6, 6.07) is 1.14. The first-order valence-electron chi connectivity index (χ1n) is 3.03. The van der Waals surface area contributed by atoms with Crippen molar-refractivity contribution in [3.63, 3.8) is 0 Å². The van der Waals surface area contributed by atoms with E-state index in [1.807, 2.05) is 0 Å². The van der Waals surface area contributed by atoms with Crippen molar-refractivity contribution in [1.82, 2.24) is 4.98 Å². The Morgan fingerprint density at radius 3 is 2.15 bits per heavy atom. The minimum Gasteiger partial charge on any atom is -1.00 e. The smallest absolute Gasteiger partial charge is 1.00 e. The summed E-state index contributed by atoms with van der Waals surface area (Å²) >= 11 is 0. The van der Waals surface area contributed by atoms with Crippen molar-refractivity contribution in [2.75, 3.05) is 0 Å². The molecule has 0 aliphatic rings. The van der Waals surface area contributed by atoms with Crippen molar-refractivity contribution in [3.8, 4) is 0 Å². The van der Waals surface area contributed by atoms with E-state index in [1.54, 1.807) is 0 Å². The zero-order valence-corrected chi connectivity index (χ0v) is 8.89. The predicted molar refractivity (Wildman–Crippen MR) is 39.3 cm³/mol. The van der Waals surface area contributed by atoms with E-state index in [-0.39, 0.29) is 42.1 Å². The molecule has 0 spiro atoms. The van der Waals surface area contributed by atoms with E-state index in [2.05, 4.69) is 4.98 Å². The van der Waals surface area contributed by atoms with Crippen molar-refractivity contribution in [1.29, 1.82) is 0 Å². The number of hydrogen-bond acceptors (Lipinski definition) is 3. The molecule has 1 aromatic rings. The Morgan fingerprint density at radius 2 is 1.77 bits per heavy atom. The average Bonchev–Trinajstić information content (AvgIpc) is 2.04. The topological polar surface area (TPSA) is 87.5 Å². The number of hydrogen-bond donors (Lipinski definition) is 2. The van der Waals surface area contributed by atoms with Gasteiger partial charge in [-0.05, 0) is 6.07 Å². The van der Waals surface area contributed by atoms with Crippen molar-refractivity contribution >= 4 is 11.9 Å². The van der Waals surface area contributed by atoms with Crippen LogP contribution in [-0.4, -0.2) is 27.1 Å². The fourth-order valence-electron chi connectivity index (χ4n) is 0.751. The maximum atomic E-state index is 10.4. The summed E-state index contributed by atoms with van der Waals surface area (Å²) in [6.07, 6.45) is 2.24. The van der Waals surface area contributed by atoms with Crippen LogP contribution in [-0.2, 0) is 0 Å². The summed E-state index contributed by atoms with van der Waals surface area (Å²) in [4.78, 5) is 24.4. The Morgan fingerprint density at radius 1 is 1.23 bits per heavy atom. The predicted octanol–water partition coefficient (Wildman–Crippen LogP) is -2.41. The molecule has 0 saturated carbocycles. The van der Waals surface area contributed by atoms with Crippen LogP contribution in [0.3, 0.4) is 0 Å². The van der Waals surface area contributed by atoms with Crippen LogP contribution in [0.5, 0.6) is 0 Å². The molecule has 0 saturated heterocycles. The number of carboxylic acid groups (broad SMARTS) is 2. The summed E-state index contributed by atoms with van der Waals surface area (Å²) < 4.78 is 0. The molecule has 1 aromatic heterocycles. The van der Waals surface area contributed by atoms with Crippen LogP contribution in [0.25, 0.3) is 0 Å². The molecule has 0 unspecified atom stereocenters. The first kappa shape index (κ1) is 12.1. The van der Waals surface area contributed by atoms with Crippen molar-refractivity contribution < 1.29 is 50.8 Å². The minimum atomic E-state index is -1.29. The fraction of sp³-hybridized carbons (Fsp3) is 0. The first-order valence-corrected chi connectivity index (χ1v) is 3.03. The summed E-state index contributed by atoms with van der Waals surface area (Å²) in [5.74, 6) is -2.56. The van der Waals surface area contributed by atoms with Crippen molar-refractivity contribution in [2.24, 2.45) is 0 Å². The second-order valence-electron chi connectivity index (χ2n) is 2.03. The molecule has 0 amide bonds. The van der Waals surface area contributed by atoms with E-state index in [4.69, 9.17) is 10.2 Å². The van der Waals surface area contributed by atoms with Gasteiger partial charge in [-0.1, -0.05) is 0 Å². The Bertz CT molecular complexity index is 311. The Labute approximate surface area is 97.2 Å².